The number of carbonyl (C=O) groups excluding carboxylic acids is 1. The van der Waals surface area contributed by atoms with Crippen molar-refractivity contribution in [1.82, 2.24) is 5.32 Å². The number of rotatable bonds is 6. The van der Waals surface area contributed by atoms with Crippen LogP contribution in [0.1, 0.15) is 43.0 Å². The maximum absolute atomic E-state index is 11.8. The molecule has 0 bridgehead atoms. The fourth-order valence-corrected chi connectivity index (χ4v) is 2.02. The fraction of sp³-hybridized carbons (Fsp3) is 0.462. The van der Waals surface area contributed by atoms with Crippen molar-refractivity contribution in [3.8, 4) is 0 Å². The van der Waals surface area contributed by atoms with Gasteiger partial charge in [0, 0.05) is 11.6 Å². The van der Waals surface area contributed by atoms with Crippen molar-refractivity contribution in [2.45, 2.75) is 32.6 Å². The van der Waals surface area contributed by atoms with E-state index in [2.05, 4.69) is 12.2 Å². The first-order valence-electron chi connectivity index (χ1n) is 5.88. The van der Waals surface area contributed by atoms with Crippen molar-refractivity contribution in [3.05, 3.63) is 33.8 Å². The van der Waals surface area contributed by atoms with Gasteiger partial charge in [-0.15, -0.1) is 0 Å². The normalized spacial score (nSPS) is 10.3. The second-order valence-corrected chi connectivity index (χ2v) is 4.78. The van der Waals surface area contributed by atoms with Crippen LogP contribution in [0.15, 0.2) is 18.2 Å². The molecular formula is C13H17Cl2NO. The highest BCUT2D eigenvalue weighted by atomic mass is 35.5. The lowest BCUT2D eigenvalue weighted by atomic mass is 10.2. The van der Waals surface area contributed by atoms with E-state index in [4.69, 9.17) is 23.2 Å². The zero-order valence-corrected chi connectivity index (χ0v) is 11.4. The van der Waals surface area contributed by atoms with Gasteiger partial charge in [-0.1, -0.05) is 49.4 Å². The Morgan fingerprint density at radius 3 is 2.65 bits per heavy atom. The quantitative estimate of drug-likeness (QED) is 0.770. The molecule has 2 nitrogen and oxygen atoms in total. The predicted octanol–water partition coefficient (Wildman–Crippen LogP) is 4.30. The minimum Gasteiger partial charge on any atom is -0.352 e. The van der Waals surface area contributed by atoms with Crippen molar-refractivity contribution in [2.75, 3.05) is 6.54 Å². The lowest BCUT2D eigenvalue weighted by Gasteiger charge is -2.06. The largest absolute Gasteiger partial charge is 0.352 e. The summed E-state index contributed by atoms with van der Waals surface area (Å²) >= 11 is 11.7. The molecule has 0 aromatic heterocycles. The van der Waals surface area contributed by atoms with E-state index in [0.717, 1.165) is 12.8 Å². The molecule has 94 valence electrons. The van der Waals surface area contributed by atoms with E-state index in [1.807, 2.05) is 0 Å². The first-order valence-corrected chi connectivity index (χ1v) is 6.64. The molecule has 0 fully saturated rings. The molecule has 1 aromatic carbocycles. The summed E-state index contributed by atoms with van der Waals surface area (Å²) in [6.45, 7) is 2.85. The summed E-state index contributed by atoms with van der Waals surface area (Å²) in [4.78, 5) is 11.8. The Morgan fingerprint density at radius 2 is 2.00 bits per heavy atom. The van der Waals surface area contributed by atoms with Crippen LogP contribution < -0.4 is 5.32 Å². The van der Waals surface area contributed by atoms with Crippen LogP contribution in [0.3, 0.4) is 0 Å². The summed E-state index contributed by atoms with van der Waals surface area (Å²) in [6, 6.07) is 4.89. The third-order valence-electron chi connectivity index (χ3n) is 2.49. The Morgan fingerprint density at radius 1 is 1.24 bits per heavy atom. The van der Waals surface area contributed by atoms with Gasteiger partial charge in [0.15, 0.2) is 0 Å². The molecule has 0 unspecified atom stereocenters. The number of amides is 1. The molecule has 0 heterocycles. The molecule has 0 atom stereocenters. The molecule has 0 aliphatic heterocycles. The molecule has 1 amide bonds. The van der Waals surface area contributed by atoms with Crippen LogP contribution in [-0.2, 0) is 0 Å². The van der Waals surface area contributed by atoms with Crippen LogP contribution >= 0.6 is 23.2 Å². The molecule has 4 heteroatoms. The van der Waals surface area contributed by atoms with E-state index in [1.165, 1.54) is 12.8 Å². The molecule has 1 N–H and O–H groups in total. The Kier molecular flexibility index (Phi) is 6.38. The summed E-state index contributed by atoms with van der Waals surface area (Å²) in [5, 5.41) is 3.78. The van der Waals surface area contributed by atoms with Crippen molar-refractivity contribution in [2.24, 2.45) is 0 Å². The maximum Gasteiger partial charge on any atom is 0.252 e. The lowest BCUT2D eigenvalue weighted by molar-refractivity contribution is 0.0953. The molecule has 1 aromatic rings. The van der Waals surface area contributed by atoms with E-state index in [1.54, 1.807) is 18.2 Å². The van der Waals surface area contributed by atoms with Crippen LogP contribution in [0.5, 0.6) is 0 Å². The Hall–Kier alpha value is -0.730. The molecule has 0 aliphatic rings. The number of carbonyl (C=O) groups is 1. The van der Waals surface area contributed by atoms with Gasteiger partial charge in [-0.3, -0.25) is 4.79 Å². The van der Waals surface area contributed by atoms with E-state index < -0.39 is 0 Å². The third kappa shape index (κ3) is 4.97. The molecular weight excluding hydrogens is 257 g/mol. The number of hydrogen-bond acceptors (Lipinski definition) is 1. The topological polar surface area (TPSA) is 29.1 Å². The molecule has 0 saturated carbocycles. The van der Waals surface area contributed by atoms with Gasteiger partial charge in [-0.2, -0.15) is 0 Å². The van der Waals surface area contributed by atoms with Crippen molar-refractivity contribution in [3.63, 3.8) is 0 Å². The van der Waals surface area contributed by atoms with Crippen molar-refractivity contribution >= 4 is 29.1 Å². The number of hydrogen-bond donors (Lipinski definition) is 1. The first kappa shape index (κ1) is 14.3. The SMILES string of the molecule is CCCCCCNC(=O)c1ccc(Cl)cc1Cl. The van der Waals surface area contributed by atoms with Crippen LogP contribution in [0, 0.1) is 0 Å². The van der Waals surface area contributed by atoms with E-state index >= 15 is 0 Å². The average Bonchev–Trinajstić information content (AvgIpc) is 2.28. The van der Waals surface area contributed by atoms with Gasteiger partial charge in [0.1, 0.15) is 0 Å². The average molecular weight is 274 g/mol. The van der Waals surface area contributed by atoms with Crippen molar-refractivity contribution in [1.29, 1.82) is 0 Å². The van der Waals surface area contributed by atoms with Gasteiger partial charge in [-0.05, 0) is 24.6 Å². The maximum atomic E-state index is 11.8. The zero-order chi connectivity index (χ0) is 12.7. The van der Waals surface area contributed by atoms with E-state index in [9.17, 15) is 4.79 Å². The summed E-state index contributed by atoms with van der Waals surface area (Å²) in [5.74, 6) is -0.136. The van der Waals surface area contributed by atoms with Crippen molar-refractivity contribution < 1.29 is 4.79 Å². The van der Waals surface area contributed by atoms with Gasteiger partial charge >= 0.3 is 0 Å². The predicted molar refractivity (Wildman–Crippen MR) is 72.9 cm³/mol. The van der Waals surface area contributed by atoms with Crippen LogP contribution in [0.2, 0.25) is 10.0 Å². The Labute approximate surface area is 112 Å². The highest BCUT2D eigenvalue weighted by Crippen LogP contribution is 2.20. The monoisotopic (exact) mass is 273 g/mol. The van der Waals surface area contributed by atoms with Gasteiger partial charge in [0.25, 0.3) is 5.91 Å². The van der Waals surface area contributed by atoms with E-state index in [-0.39, 0.29) is 5.91 Å². The summed E-state index contributed by atoms with van der Waals surface area (Å²) in [7, 11) is 0. The minimum atomic E-state index is -0.136. The fourth-order valence-electron chi connectivity index (χ4n) is 1.52. The second kappa shape index (κ2) is 7.57. The molecule has 0 radical (unpaired) electrons. The van der Waals surface area contributed by atoms with Gasteiger partial charge in [0.2, 0.25) is 0 Å². The van der Waals surface area contributed by atoms with Crippen LogP contribution in [0.25, 0.3) is 0 Å². The molecule has 1 rings (SSSR count). The summed E-state index contributed by atoms with van der Waals surface area (Å²) < 4.78 is 0. The van der Waals surface area contributed by atoms with Gasteiger partial charge < -0.3 is 5.32 Å². The highest BCUT2D eigenvalue weighted by molar-refractivity contribution is 6.36. The highest BCUT2D eigenvalue weighted by Gasteiger charge is 2.09. The number of benzene rings is 1. The minimum absolute atomic E-state index is 0.136. The third-order valence-corrected chi connectivity index (χ3v) is 3.04. The lowest BCUT2D eigenvalue weighted by Crippen LogP contribution is -2.24. The summed E-state index contributed by atoms with van der Waals surface area (Å²) in [5.41, 5.74) is 0.478. The molecule has 0 spiro atoms. The molecule has 17 heavy (non-hydrogen) atoms. The Bertz CT molecular complexity index is 380. The van der Waals surface area contributed by atoms with Gasteiger partial charge in [0.05, 0.1) is 10.6 Å². The number of halogens is 2. The standard InChI is InChI=1S/C13H17Cl2NO/c1-2-3-4-5-8-16-13(17)11-7-6-10(14)9-12(11)15/h6-7,9H,2-5,8H2,1H3,(H,16,17). The molecule has 0 saturated heterocycles. The summed E-state index contributed by atoms with van der Waals surface area (Å²) in [6.07, 6.45) is 4.55. The number of nitrogens with one attached hydrogen (secondary N) is 1. The second-order valence-electron chi connectivity index (χ2n) is 3.94. The van der Waals surface area contributed by atoms with Gasteiger partial charge in [-0.25, -0.2) is 0 Å². The Balaban J connectivity index is 2.42. The zero-order valence-electron chi connectivity index (χ0n) is 9.93. The van der Waals surface area contributed by atoms with E-state index in [0.29, 0.717) is 22.2 Å². The van der Waals surface area contributed by atoms with Crippen LogP contribution in [0.4, 0.5) is 0 Å². The smallest absolute Gasteiger partial charge is 0.252 e. The number of unbranched alkanes of at least 4 members (excludes halogenated alkanes) is 3. The molecule has 0 aliphatic carbocycles. The van der Waals surface area contributed by atoms with Crippen LogP contribution in [-0.4, -0.2) is 12.5 Å². The first-order chi connectivity index (χ1) is 8.15.